The number of carbonyl (C=O) groups excluding carboxylic acids is 1. The second kappa shape index (κ2) is 7.52. The highest BCUT2D eigenvalue weighted by atomic mass is 28.4. The molecule has 0 amide bonds. The molecule has 1 fully saturated rings. The summed E-state index contributed by atoms with van der Waals surface area (Å²) in [6.07, 6.45) is 7.40. The van der Waals surface area contributed by atoms with Crippen molar-refractivity contribution in [3.8, 4) is 0 Å². The van der Waals surface area contributed by atoms with Crippen LogP contribution in [0.2, 0.25) is 19.6 Å². The van der Waals surface area contributed by atoms with Gasteiger partial charge in [-0.05, 0) is 62.7 Å². The molecule has 0 aliphatic heterocycles. The largest absolute Gasteiger partial charge is 0.406 e. The van der Waals surface area contributed by atoms with Gasteiger partial charge in [0.2, 0.25) is 0 Å². The van der Waals surface area contributed by atoms with Gasteiger partial charge in [-0.3, -0.25) is 4.79 Å². The lowest BCUT2D eigenvalue weighted by atomic mass is 9.70. The zero-order chi connectivity index (χ0) is 20.9. The van der Waals surface area contributed by atoms with Crippen molar-refractivity contribution in [2.45, 2.75) is 85.0 Å². The second-order valence-electron chi connectivity index (χ2n) is 10.9. The number of ether oxygens (including phenoxy) is 1. The van der Waals surface area contributed by atoms with Gasteiger partial charge in [0.1, 0.15) is 11.4 Å². The van der Waals surface area contributed by atoms with Crippen LogP contribution in [0.4, 0.5) is 0 Å². The van der Waals surface area contributed by atoms with E-state index in [4.69, 9.17) is 9.16 Å². The van der Waals surface area contributed by atoms with Gasteiger partial charge < -0.3 is 9.16 Å². The Morgan fingerprint density at radius 2 is 1.93 bits per heavy atom. The highest BCUT2D eigenvalue weighted by molar-refractivity contribution is 6.69. The summed E-state index contributed by atoms with van der Waals surface area (Å²) >= 11 is 0. The highest BCUT2D eigenvalue weighted by Gasteiger charge is 2.52. The van der Waals surface area contributed by atoms with Crippen LogP contribution < -0.4 is 0 Å². The van der Waals surface area contributed by atoms with Crippen molar-refractivity contribution in [3.05, 3.63) is 22.8 Å². The summed E-state index contributed by atoms with van der Waals surface area (Å²) in [7, 11) is -0.00529. The zero-order valence-electron chi connectivity index (χ0n) is 19.3. The van der Waals surface area contributed by atoms with Crippen LogP contribution in [0.1, 0.15) is 59.8 Å². The van der Waals surface area contributed by atoms with E-state index in [1.165, 1.54) is 16.7 Å². The van der Waals surface area contributed by atoms with Gasteiger partial charge in [0, 0.05) is 24.9 Å². The molecule has 3 aliphatic carbocycles. The van der Waals surface area contributed by atoms with E-state index in [0.29, 0.717) is 30.6 Å². The van der Waals surface area contributed by atoms with Crippen LogP contribution in [0.5, 0.6) is 0 Å². The lowest BCUT2D eigenvalue weighted by Gasteiger charge is -2.41. The molecule has 0 aromatic carbocycles. The quantitative estimate of drug-likeness (QED) is 0.421. The molecule has 158 valence electrons. The predicted octanol–water partition coefficient (Wildman–Crippen LogP) is 5.92. The number of hydrogen-bond donors (Lipinski definition) is 0. The van der Waals surface area contributed by atoms with E-state index < -0.39 is 8.32 Å². The first-order valence-corrected chi connectivity index (χ1v) is 14.5. The fourth-order valence-corrected chi connectivity index (χ4v) is 7.43. The highest BCUT2D eigenvalue weighted by Crippen LogP contribution is 2.56. The molecule has 28 heavy (non-hydrogen) atoms. The third-order valence-corrected chi connectivity index (χ3v) is 8.29. The van der Waals surface area contributed by atoms with E-state index in [9.17, 15) is 4.79 Å². The van der Waals surface area contributed by atoms with E-state index in [1.54, 1.807) is 7.11 Å². The maximum absolute atomic E-state index is 13.3. The number of methoxy groups -OCH3 is 1. The van der Waals surface area contributed by atoms with Crippen LogP contribution in [0, 0.1) is 23.2 Å². The predicted molar refractivity (Wildman–Crippen MR) is 118 cm³/mol. The van der Waals surface area contributed by atoms with Crippen LogP contribution in [-0.2, 0) is 14.0 Å². The molecule has 0 bridgehead atoms. The number of allylic oxidation sites excluding steroid dienone is 3. The fraction of sp³-hybridized carbons (Fsp3) is 0.792. The van der Waals surface area contributed by atoms with Gasteiger partial charge in [0.15, 0.2) is 8.32 Å². The zero-order valence-corrected chi connectivity index (χ0v) is 20.3. The number of fused-ring (bicyclic) bond motifs is 2. The number of carbonyl (C=O) groups is 1. The van der Waals surface area contributed by atoms with E-state index >= 15 is 0 Å². The lowest BCUT2D eigenvalue weighted by molar-refractivity contribution is -0.123. The molecule has 0 unspecified atom stereocenters. The van der Waals surface area contributed by atoms with Crippen LogP contribution in [0.25, 0.3) is 0 Å². The number of hydrogen-bond acceptors (Lipinski definition) is 3. The van der Waals surface area contributed by atoms with Gasteiger partial charge >= 0.3 is 0 Å². The molecule has 3 rings (SSSR count). The van der Waals surface area contributed by atoms with E-state index in [-0.39, 0.29) is 16.9 Å². The molecule has 3 nitrogen and oxygen atoms in total. The Hall–Kier alpha value is -0.713. The molecule has 1 saturated carbocycles. The van der Waals surface area contributed by atoms with Crippen molar-refractivity contribution in [2.24, 2.45) is 23.2 Å². The number of rotatable bonds is 5. The molecule has 0 saturated heterocycles. The Morgan fingerprint density at radius 3 is 2.50 bits per heavy atom. The maximum Gasteiger partial charge on any atom is 0.185 e. The van der Waals surface area contributed by atoms with Crippen molar-refractivity contribution in [1.82, 2.24) is 0 Å². The standard InChI is InChI=1S/C24H40O3Si/c1-16(2)18-9-11-23(4)14-21-19(17(3)22(25)13-20(18)23)10-12-24(21,15-26-5)27-28(6,7)8/h14,16-17,19H,9-13,15H2,1-8H3/b21-14+/t17-,19+,23-,24+/m1/s1. The number of ketones is 1. The summed E-state index contributed by atoms with van der Waals surface area (Å²) in [5.74, 6) is 1.28. The summed E-state index contributed by atoms with van der Waals surface area (Å²) in [5.41, 5.74) is 3.90. The van der Waals surface area contributed by atoms with Gasteiger partial charge in [0.25, 0.3) is 0 Å². The summed E-state index contributed by atoms with van der Waals surface area (Å²) in [5, 5.41) is 0. The Balaban J connectivity index is 2.17. The fourth-order valence-electron chi connectivity index (χ4n) is 5.98. The number of Topliss-reactive ketones (excluding diaryl/α,β-unsaturated/α-hetero) is 1. The van der Waals surface area contributed by atoms with Crippen molar-refractivity contribution in [2.75, 3.05) is 13.7 Å². The Bertz CT molecular complexity index is 699. The average molecular weight is 405 g/mol. The molecule has 4 atom stereocenters. The van der Waals surface area contributed by atoms with Gasteiger partial charge in [-0.2, -0.15) is 0 Å². The van der Waals surface area contributed by atoms with Crippen molar-refractivity contribution >= 4 is 14.1 Å². The molecule has 0 heterocycles. The van der Waals surface area contributed by atoms with Crippen LogP contribution in [0.15, 0.2) is 22.8 Å². The Morgan fingerprint density at radius 1 is 1.25 bits per heavy atom. The third kappa shape index (κ3) is 3.84. The molecule has 4 heteroatoms. The minimum Gasteiger partial charge on any atom is -0.406 e. The minimum absolute atomic E-state index is 0.0187. The molecule has 0 radical (unpaired) electrons. The average Bonchev–Trinajstić information content (AvgIpc) is 3.04. The van der Waals surface area contributed by atoms with E-state index in [1.807, 2.05) is 0 Å². The maximum atomic E-state index is 13.3. The van der Waals surface area contributed by atoms with Gasteiger partial charge in [-0.1, -0.05) is 44.9 Å². The first kappa shape index (κ1) is 22.0. The summed E-state index contributed by atoms with van der Waals surface area (Å²) in [6, 6.07) is 0. The monoisotopic (exact) mass is 404 g/mol. The Kier molecular flexibility index (Phi) is 5.90. The van der Waals surface area contributed by atoms with Crippen molar-refractivity contribution in [3.63, 3.8) is 0 Å². The van der Waals surface area contributed by atoms with Gasteiger partial charge in [-0.15, -0.1) is 0 Å². The van der Waals surface area contributed by atoms with Crippen LogP contribution >= 0.6 is 0 Å². The van der Waals surface area contributed by atoms with Crippen molar-refractivity contribution in [1.29, 1.82) is 0 Å². The second-order valence-corrected chi connectivity index (χ2v) is 15.3. The van der Waals surface area contributed by atoms with Crippen LogP contribution in [-0.4, -0.2) is 33.4 Å². The van der Waals surface area contributed by atoms with E-state index in [2.05, 4.69) is 53.4 Å². The molecule has 0 spiro atoms. The molecular weight excluding hydrogens is 364 g/mol. The molecule has 0 aromatic rings. The Labute approximate surface area is 173 Å². The smallest absolute Gasteiger partial charge is 0.185 e. The summed E-state index contributed by atoms with van der Waals surface area (Å²) in [6.45, 7) is 16.4. The lowest BCUT2D eigenvalue weighted by Crippen LogP contribution is -2.47. The van der Waals surface area contributed by atoms with Crippen molar-refractivity contribution < 1.29 is 14.0 Å². The van der Waals surface area contributed by atoms with E-state index in [0.717, 1.165) is 25.7 Å². The first-order chi connectivity index (χ1) is 12.9. The first-order valence-electron chi connectivity index (χ1n) is 11.1. The summed E-state index contributed by atoms with van der Waals surface area (Å²) < 4.78 is 12.6. The molecule has 0 N–H and O–H groups in total. The minimum atomic E-state index is -1.78. The topological polar surface area (TPSA) is 35.5 Å². The van der Waals surface area contributed by atoms with Crippen LogP contribution in [0.3, 0.4) is 0 Å². The molecular formula is C24H40O3Si. The SMILES string of the molecule is COC[C@@]1(O[Si](C)(C)C)CC[C@@H]2/C1=C\[C@@]1(C)CCC(C(C)C)=C1CC(=O)[C@@H]2C. The third-order valence-electron chi connectivity index (χ3n) is 7.29. The van der Waals surface area contributed by atoms with Gasteiger partial charge in [-0.25, -0.2) is 0 Å². The van der Waals surface area contributed by atoms with Gasteiger partial charge in [0.05, 0.1) is 6.61 Å². The normalized spacial score (nSPS) is 38.2. The molecule has 3 aliphatic rings. The molecule has 0 aromatic heterocycles. The summed E-state index contributed by atoms with van der Waals surface area (Å²) in [4.78, 5) is 13.3.